The van der Waals surface area contributed by atoms with Crippen LogP contribution >= 0.6 is 0 Å². The second kappa shape index (κ2) is 13.4. The predicted molar refractivity (Wildman–Crippen MR) is 180 cm³/mol. The molecule has 3 aromatic carbocycles. The average Bonchev–Trinajstić information content (AvgIpc) is 2.96. The van der Waals surface area contributed by atoms with Gasteiger partial charge in [0.2, 0.25) is 0 Å². The first kappa shape index (κ1) is 31.0. The molecule has 3 N–H and O–H groups in total. The smallest absolute Gasteiger partial charge is 0.0375 e. The Kier molecular flexibility index (Phi) is 10.1. The van der Waals surface area contributed by atoms with Crippen molar-refractivity contribution in [1.29, 1.82) is 0 Å². The van der Waals surface area contributed by atoms with Crippen LogP contribution in [0.4, 0.5) is 17.1 Å². The molecule has 3 nitrogen and oxygen atoms in total. The van der Waals surface area contributed by atoms with E-state index in [-0.39, 0.29) is 0 Å². The first-order valence-electron chi connectivity index (χ1n) is 15.9. The van der Waals surface area contributed by atoms with Gasteiger partial charge in [-0.2, -0.15) is 0 Å². The molecule has 0 saturated carbocycles. The van der Waals surface area contributed by atoms with E-state index in [2.05, 4.69) is 144 Å². The van der Waals surface area contributed by atoms with Gasteiger partial charge in [-0.05, 0) is 89.2 Å². The Morgan fingerprint density at radius 3 is 1.93 bits per heavy atom. The summed E-state index contributed by atoms with van der Waals surface area (Å²) in [7, 11) is 0. The summed E-state index contributed by atoms with van der Waals surface area (Å²) in [6, 6.07) is 26.6. The molecule has 3 heteroatoms. The fraction of sp³-hybridized carbons (Fsp3) is 0.526. The van der Waals surface area contributed by atoms with E-state index in [4.69, 9.17) is 0 Å². The van der Waals surface area contributed by atoms with Crippen molar-refractivity contribution in [2.24, 2.45) is 22.7 Å². The number of hydrogen-bond donors (Lipinski definition) is 3. The molecule has 3 unspecified atom stereocenters. The van der Waals surface area contributed by atoms with Gasteiger partial charge in [-0.1, -0.05) is 110 Å². The lowest BCUT2D eigenvalue weighted by molar-refractivity contribution is 0.247. The fourth-order valence-corrected chi connectivity index (χ4v) is 6.38. The highest BCUT2D eigenvalue weighted by Crippen LogP contribution is 2.43. The van der Waals surface area contributed by atoms with Crippen LogP contribution in [0, 0.1) is 22.7 Å². The van der Waals surface area contributed by atoms with Crippen LogP contribution in [0.15, 0.2) is 72.8 Å². The minimum absolute atomic E-state index is 0.373. The molecule has 0 aliphatic carbocycles. The molecule has 0 bridgehead atoms. The number of nitrogens with one attached hydrogen (secondary N) is 3. The summed E-state index contributed by atoms with van der Waals surface area (Å²) in [6.07, 6.45) is 4.97. The van der Waals surface area contributed by atoms with Gasteiger partial charge in [0.25, 0.3) is 0 Å². The van der Waals surface area contributed by atoms with Crippen molar-refractivity contribution in [3.63, 3.8) is 0 Å². The lowest BCUT2D eigenvalue weighted by Crippen LogP contribution is -2.33. The molecule has 3 aliphatic rings. The van der Waals surface area contributed by atoms with Gasteiger partial charge >= 0.3 is 0 Å². The van der Waals surface area contributed by atoms with Crippen molar-refractivity contribution in [3.8, 4) is 0 Å². The summed E-state index contributed by atoms with van der Waals surface area (Å²) in [5.74, 6) is 2.17. The van der Waals surface area contributed by atoms with Crippen LogP contribution in [0.5, 0.6) is 0 Å². The lowest BCUT2D eigenvalue weighted by atomic mass is 9.73. The highest BCUT2D eigenvalue weighted by molar-refractivity contribution is 5.56. The molecule has 3 aromatic rings. The van der Waals surface area contributed by atoms with Crippen LogP contribution in [0.25, 0.3) is 0 Å². The zero-order valence-corrected chi connectivity index (χ0v) is 27.0. The minimum atomic E-state index is 0.373. The van der Waals surface area contributed by atoms with Crippen molar-refractivity contribution in [3.05, 3.63) is 89.5 Å². The van der Waals surface area contributed by atoms with Crippen molar-refractivity contribution in [1.82, 2.24) is 0 Å². The van der Waals surface area contributed by atoms with Crippen LogP contribution in [0.3, 0.4) is 0 Å². The van der Waals surface area contributed by atoms with Gasteiger partial charge in [0.1, 0.15) is 0 Å². The first-order valence-corrected chi connectivity index (χ1v) is 15.9. The highest BCUT2D eigenvalue weighted by atomic mass is 14.9. The second-order valence-corrected chi connectivity index (χ2v) is 14.7. The number of fused-ring (bicyclic) bond motifs is 3. The van der Waals surface area contributed by atoms with E-state index < -0.39 is 0 Å². The number of benzene rings is 3. The van der Waals surface area contributed by atoms with Gasteiger partial charge in [-0.25, -0.2) is 0 Å². The summed E-state index contributed by atoms with van der Waals surface area (Å²) in [5, 5.41) is 10.6. The predicted octanol–water partition coefficient (Wildman–Crippen LogP) is 10.0. The minimum Gasteiger partial charge on any atom is -0.385 e. The van der Waals surface area contributed by atoms with Crippen LogP contribution < -0.4 is 16.0 Å². The largest absolute Gasteiger partial charge is 0.385 e. The third-order valence-corrected chi connectivity index (χ3v) is 9.27. The Morgan fingerprint density at radius 2 is 1.27 bits per heavy atom. The molecule has 0 amide bonds. The fourth-order valence-electron chi connectivity index (χ4n) is 6.38. The van der Waals surface area contributed by atoms with Gasteiger partial charge < -0.3 is 16.0 Å². The molecule has 222 valence electrons. The van der Waals surface area contributed by atoms with Gasteiger partial charge in [-0.15, -0.1) is 0 Å². The van der Waals surface area contributed by atoms with E-state index in [9.17, 15) is 0 Å². The third-order valence-electron chi connectivity index (χ3n) is 9.27. The number of anilines is 3. The standard InChI is InChI=1S/2C13H19N.C12H17N/c1-13(2,3)11-8-10-6-4-5-7-12(10)14-9-11;1-13(2,3)11-8-9-14-12-7-5-4-6-10(11)12;1-9(2)11-8-7-10-5-3-4-6-12(10)13-11/h2*4-7,11,14H,8-9H2,1-3H3;3-6,9,11,13H,7-8H2,1-2H3. The first-order chi connectivity index (χ1) is 19.4. The maximum atomic E-state index is 3.60. The maximum absolute atomic E-state index is 3.60. The zero-order valence-electron chi connectivity index (χ0n) is 27.0. The summed E-state index contributed by atoms with van der Waals surface area (Å²) in [5.41, 5.74) is 9.21. The highest BCUT2D eigenvalue weighted by Gasteiger charge is 2.30. The topological polar surface area (TPSA) is 36.1 Å². The summed E-state index contributed by atoms with van der Waals surface area (Å²) >= 11 is 0. The zero-order chi connectivity index (χ0) is 29.6. The van der Waals surface area contributed by atoms with E-state index in [1.165, 1.54) is 59.4 Å². The molecule has 41 heavy (non-hydrogen) atoms. The van der Waals surface area contributed by atoms with Crippen LogP contribution in [-0.4, -0.2) is 19.1 Å². The number of hydrogen-bond acceptors (Lipinski definition) is 3. The molecule has 0 spiro atoms. The van der Waals surface area contributed by atoms with Crippen LogP contribution in [0.1, 0.15) is 90.8 Å². The normalized spacial score (nSPS) is 21.1. The molecule has 0 fully saturated rings. The Balaban J connectivity index is 0.000000142. The SMILES string of the molecule is CC(C)(C)C1CCNc2ccccc21.CC(C)(C)C1CNc2ccccc2C1.CC(C)C1CCc2ccccc2N1. The Bertz CT molecular complexity index is 1250. The Labute approximate surface area is 250 Å². The van der Waals surface area contributed by atoms with E-state index in [0.717, 1.165) is 24.9 Å². The molecular weight excluding hydrogens is 498 g/mol. The third kappa shape index (κ3) is 8.31. The molecule has 0 aromatic heterocycles. The maximum Gasteiger partial charge on any atom is 0.0375 e. The van der Waals surface area contributed by atoms with E-state index in [1.807, 2.05) is 0 Å². The van der Waals surface area contributed by atoms with Gasteiger partial charge in [0, 0.05) is 36.2 Å². The van der Waals surface area contributed by atoms with Crippen molar-refractivity contribution in [2.75, 3.05) is 29.0 Å². The lowest BCUT2D eigenvalue weighted by Gasteiger charge is -2.36. The van der Waals surface area contributed by atoms with E-state index >= 15 is 0 Å². The van der Waals surface area contributed by atoms with Gasteiger partial charge in [0.05, 0.1) is 0 Å². The van der Waals surface area contributed by atoms with Crippen molar-refractivity contribution >= 4 is 17.1 Å². The Morgan fingerprint density at radius 1 is 0.659 bits per heavy atom. The quantitative estimate of drug-likeness (QED) is 0.281. The molecule has 3 heterocycles. The molecule has 0 radical (unpaired) electrons. The van der Waals surface area contributed by atoms with E-state index in [1.54, 1.807) is 0 Å². The van der Waals surface area contributed by atoms with Gasteiger partial charge in [-0.3, -0.25) is 0 Å². The summed E-state index contributed by atoms with van der Waals surface area (Å²) in [4.78, 5) is 0. The number of para-hydroxylation sites is 3. The molecule has 3 atom stereocenters. The van der Waals surface area contributed by atoms with Gasteiger partial charge in [0.15, 0.2) is 0 Å². The second-order valence-electron chi connectivity index (χ2n) is 14.7. The molecular formula is C38H55N3. The van der Waals surface area contributed by atoms with Crippen LogP contribution in [0.2, 0.25) is 0 Å². The van der Waals surface area contributed by atoms with Crippen molar-refractivity contribution in [2.45, 2.75) is 93.0 Å². The molecule has 3 aliphatic heterocycles. The number of rotatable bonds is 1. The number of aryl methyl sites for hydroxylation is 1. The average molecular weight is 554 g/mol. The summed E-state index contributed by atoms with van der Waals surface area (Å²) < 4.78 is 0. The molecule has 6 rings (SSSR count). The van der Waals surface area contributed by atoms with Crippen LogP contribution in [-0.2, 0) is 12.8 Å². The van der Waals surface area contributed by atoms with Crippen molar-refractivity contribution < 1.29 is 0 Å². The summed E-state index contributed by atoms with van der Waals surface area (Å²) in [6.45, 7) is 20.8. The monoisotopic (exact) mass is 553 g/mol. The van der Waals surface area contributed by atoms with E-state index in [0.29, 0.717) is 22.8 Å². The molecule has 0 saturated heterocycles. The Hall–Kier alpha value is -2.94.